The number of carbonyl (C=O) groups is 3. The van der Waals surface area contributed by atoms with Crippen LogP contribution >= 0.6 is 0 Å². The van der Waals surface area contributed by atoms with E-state index in [1.165, 1.54) is 16.0 Å². The van der Waals surface area contributed by atoms with Gasteiger partial charge < -0.3 is 9.64 Å². The quantitative estimate of drug-likeness (QED) is 0.585. The van der Waals surface area contributed by atoms with E-state index in [9.17, 15) is 14.4 Å². The summed E-state index contributed by atoms with van der Waals surface area (Å²) in [6.07, 6.45) is 4.86. The highest BCUT2D eigenvalue weighted by Crippen LogP contribution is 2.27. The molecular weight excluding hydrogens is 398 g/mol. The van der Waals surface area contributed by atoms with Gasteiger partial charge in [0.15, 0.2) is 5.82 Å². The monoisotopic (exact) mass is 419 g/mol. The lowest BCUT2D eigenvalue weighted by molar-refractivity contribution is -0.148. The number of amides is 2. The molecule has 3 heterocycles. The SMILES string of the molecule is CCOC(=O)CN1Cc2ccccc2N(C(=O)c2ccc(-n3cccn3)nc2)CC1=O. The first-order valence-electron chi connectivity index (χ1n) is 9.86. The van der Waals surface area contributed by atoms with E-state index in [-0.39, 0.29) is 38.1 Å². The van der Waals surface area contributed by atoms with Crippen LogP contribution in [0.1, 0.15) is 22.8 Å². The molecule has 0 N–H and O–H groups in total. The summed E-state index contributed by atoms with van der Waals surface area (Å²) in [6.45, 7) is 1.82. The predicted molar refractivity (Wildman–Crippen MR) is 112 cm³/mol. The first kappa shape index (κ1) is 20.3. The molecule has 4 rings (SSSR count). The molecule has 9 nitrogen and oxygen atoms in total. The van der Waals surface area contributed by atoms with Crippen LogP contribution in [0.4, 0.5) is 5.69 Å². The van der Waals surface area contributed by atoms with Crippen molar-refractivity contribution in [1.29, 1.82) is 0 Å². The number of fused-ring (bicyclic) bond motifs is 1. The van der Waals surface area contributed by atoms with Crippen molar-refractivity contribution in [2.75, 3.05) is 24.6 Å². The van der Waals surface area contributed by atoms with Crippen molar-refractivity contribution < 1.29 is 19.1 Å². The van der Waals surface area contributed by atoms with Gasteiger partial charge >= 0.3 is 5.97 Å². The molecule has 31 heavy (non-hydrogen) atoms. The lowest BCUT2D eigenvalue weighted by Gasteiger charge is -2.22. The molecule has 0 saturated heterocycles. The van der Waals surface area contributed by atoms with Crippen molar-refractivity contribution in [1.82, 2.24) is 19.7 Å². The van der Waals surface area contributed by atoms with Crippen molar-refractivity contribution in [2.24, 2.45) is 0 Å². The second kappa shape index (κ2) is 8.78. The van der Waals surface area contributed by atoms with E-state index in [1.807, 2.05) is 18.2 Å². The Balaban J connectivity index is 1.61. The number of para-hydroxylation sites is 1. The van der Waals surface area contributed by atoms with E-state index < -0.39 is 5.97 Å². The molecule has 1 aliphatic rings. The third-order valence-electron chi connectivity index (χ3n) is 4.89. The summed E-state index contributed by atoms with van der Waals surface area (Å²) in [4.78, 5) is 45.2. The minimum atomic E-state index is -0.480. The number of rotatable bonds is 5. The van der Waals surface area contributed by atoms with Crippen molar-refractivity contribution in [2.45, 2.75) is 13.5 Å². The van der Waals surface area contributed by atoms with E-state index >= 15 is 0 Å². The molecule has 0 aliphatic carbocycles. The molecule has 2 aromatic heterocycles. The summed E-state index contributed by atoms with van der Waals surface area (Å²) >= 11 is 0. The average molecular weight is 419 g/mol. The zero-order chi connectivity index (χ0) is 21.8. The number of anilines is 1. The Labute approximate surface area is 178 Å². The third-order valence-corrected chi connectivity index (χ3v) is 4.89. The van der Waals surface area contributed by atoms with E-state index in [0.717, 1.165) is 5.56 Å². The Bertz CT molecular complexity index is 1100. The molecule has 2 amide bonds. The summed E-state index contributed by atoms with van der Waals surface area (Å²) < 4.78 is 6.57. The fourth-order valence-corrected chi connectivity index (χ4v) is 3.42. The highest BCUT2D eigenvalue weighted by atomic mass is 16.5. The number of hydrogen-bond acceptors (Lipinski definition) is 6. The van der Waals surface area contributed by atoms with Gasteiger partial charge in [0.2, 0.25) is 5.91 Å². The second-order valence-corrected chi connectivity index (χ2v) is 6.93. The van der Waals surface area contributed by atoms with Crippen molar-refractivity contribution >= 4 is 23.5 Å². The molecule has 1 aromatic carbocycles. The van der Waals surface area contributed by atoms with Gasteiger partial charge in [-0.1, -0.05) is 18.2 Å². The summed E-state index contributed by atoms with van der Waals surface area (Å²) in [6, 6.07) is 12.4. The van der Waals surface area contributed by atoms with Gasteiger partial charge in [-0.25, -0.2) is 9.67 Å². The first-order valence-corrected chi connectivity index (χ1v) is 9.86. The fraction of sp³-hybridized carbons (Fsp3) is 0.227. The standard InChI is InChI=1S/C22H21N5O4/c1-2-31-21(29)15-25-13-17-6-3-4-7-18(17)26(14-20(25)28)22(30)16-8-9-19(23-12-16)27-11-5-10-24-27/h3-12H,2,13-15H2,1H3. The van der Waals surface area contributed by atoms with Crippen molar-refractivity contribution in [3.63, 3.8) is 0 Å². The summed E-state index contributed by atoms with van der Waals surface area (Å²) in [7, 11) is 0. The minimum Gasteiger partial charge on any atom is -0.465 e. The third kappa shape index (κ3) is 4.30. The number of hydrogen-bond donors (Lipinski definition) is 0. The number of esters is 1. The Morgan fingerprint density at radius 3 is 2.65 bits per heavy atom. The van der Waals surface area contributed by atoms with Gasteiger partial charge in [-0.05, 0) is 36.8 Å². The minimum absolute atomic E-state index is 0.164. The highest BCUT2D eigenvalue weighted by Gasteiger charge is 2.30. The molecule has 1 aliphatic heterocycles. The predicted octanol–water partition coefficient (Wildman–Crippen LogP) is 1.82. The Hall–Kier alpha value is -4.01. The lowest BCUT2D eigenvalue weighted by Crippen LogP contribution is -2.42. The summed E-state index contributed by atoms with van der Waals surface area (Å²) in [5.74, 6) is -0.585. The normalized spacial score (nSPS) is 13.5. The van der Waals surface area contributed by atoms with Crippen molar-refractivity contribution in [3.05, 3.63) is 72.2 Å². The molecule has 0 atom stereocenters. The zero-order valence-corrected chi connectivity index (χ0v) is 17.0. The summed E-state index contributed by atoms with van der Waals surface area (Å²) in [5, 5.41) is 4.12. The maximum absolute atomic E-state index is 13.3. The molecule has 0 bridgehead atoms. The first-order chi connectivity index (χ1) is 15.1. The summed E-state index contributed by atoms with van der Waals surface area (Å²) in [5.41, 5.74) is 1.74. The molecular formula is C22H21N5O4. The maximum atomic E-state index is 13.3. The van der Waals surface area contributed by atoms with E-state index in [4.69, 9.17) is 4.74 Å². The van der Waals surface area contributed by atoms with Gasteiger partial charge in [-0.2, -0.15) is 5.10 Å². The number of benzene rings is 1. The fourth-order valence-electron chi connectivity index (χ4n) is 3.42. The van der Waals surface area contributed by atoms with Gasteiger partial charge in [0.25, 0.3) is 5.91 Å². The smallest absolute Gasteiger partial charge is 0.325 e. The van der Waals surface area contributed by atoms with Crippen LogP contribution in [-0.4, -0.2) is 57.1 Å². The molecule has 3 aromatic rings. The van der Waals surface area contributed by atoms with Gasteiger partial charge in [0, 0.05) is 30.8 Å². The van der Waals surface area contributed by atoms with Crippen LogP contribution in [-0.2, 0) is 20.9 Å². The second-order valence-electron chi connectivity index (χ2n) is 6.93. The van der Waals surface area contributed by atoms with Crippen molar-refractivity contribution in [3.8, 4) is 5.82 Å². The lowest BCUT2D eigenvalue weighted by atomic mass is 10.1. The van der Waals surface area contributed by atoms with Gasteiger partial charge in [-0.3, -0.25) is 19.3 Å². The molecule has 0 spiro atoms. The molecule has 0 radical (unpaired) electrons. The van der Waals surface area contributed by atoms with Crippen LogP contribution in [0.5, 0.6) is 0 Å². The molecule has 0 saturated carbocycles. The van der Waals surface area contributed by atoms with Crippen LogP contribution in [0.15, 0.2) is 61.1 Å². The molecule has 0 fully saturated rings. The maximum Gasteiger partial charge on any atom is 0.325 e. The largest absolute Gasteiger partial charge is 0.465 e. The zero-order valence-electron chi connectivity index (χ0n) is 17.0. The van der Waals surface area contributed by atoms with Crippen LogP contribution in [0.25, 0.3) is 5.82 Å². The van der Waals surface area contributed by atoms with Gasteiger partial charge in [0.05, 0.1) is 12.2 Å². The Morgan fingerprint density at radius 1 is 1.10 bits per heavy atom. The number of nitrogens with zero attached hydrogens (tertiary/aromatic N) is 5. The van der Waals surface area contributed by atoms with Gasteiger partial charge in [-0.15, -0.1) is 0 Å². The number of pyridine rings is 1. The van der Waals surface area contributed by atoms with E-state index in [2.05, 4.69) is 10.1 Å². The van der Waals surface area contributed by atoms with E-state index in [1.54, 1.807) is 48.3 Å². The molecule has 0 unspecified atom stereocenters. The van der Waals surface area contributed by atoms with Crippen LogP contribution in [0.2, 0.25) is 0 Å². The Morgan fingerprint density at radius 2 is 1.94 bits per heavy atom. The topological polar surface area (TPSA) is 97.6 Å². The number of ether oxygens (including phenoxy) is 1. The van der Waals surface area contributed by atoms with E-state index in [0.29, 0.717) is 17.1 Å². The van der Waals surface area contributed by atoms with Crippen LogP contribution < -0.4 is 4.90 Å². The molecule has 158 valence electrons. The van der Waals surface area contributed by atoms with Gasteiger partial charge in [0.1, 0.15) is 13.1 Å². The number of aromatic nitrogens is 3. The average Bonchev–Trinajstić information content (AvgIpc) is 3.28. The molecule has 9 heteroatoms. The van der Waals surface area contributed by atoms with Crippen LogP contribution in [0, 0.1) is 0 Å². The highest BCUT2D eigenvalue weighted by molar-refractivity contribution is 6.09. The Kier molecular flexibility index (Phi) is 5.74. The van der Waals surface area contributed by atoms with Crippen LogP contribution in [0.3, 0.4) is 0 Å². The number of carbonyl (C=O) groups excluding carboxylic acids is 3.